The quantitative estimate of drug-likeness (QED) is 0.913. The van der Waals surface area contributed by atoms with Gasteiger partial charge in [-0.15, -0.1) is 0 Å². The number of amides is 2. The minimum atomic E-state index is -2.77. The smallest absolute Gasteiger partial charge is 0.322 e. The number of carbonyl (C=O) groups is 1. The molecule has 0 unspecified atom stereocenters. The van der Waals surface area contributed by atoms with Gasteiger partial charge in [0.1, 0.15) is 5.69 Å². The van der Waals surface area contributed by atoms with E-state index in [9.17, 15) is 13.6 Å². The second kappa shape index (κ2) is 6.96. The summed E-state index contributed by atoms with van der Waals surface area (Å²) in [7, 11) is 0. The lowest BCUT2D eigenvalue weighted by atomic mass is 10.2. The van der Waals surface area contributed by atoms with E-state index < -0.39 is 12.5 Å². The Morgan fingerprint density at radius 1 is 1.38 bits per heavy atom. The number of nitrogens with one attached hydrogen (secondary N) is 1. The second-order valence-corrected chi connectivity index (χ2v) is 5.40. The molecule has 1 aliphatic rings. The minimum Gasteiger partial charge on any atom is -0.375 e. The van der Waals surface area contributed by atoms with Crippen LogP contribution in [0, 0.1) is 0 Å². The predicted molar refractivity (Wildman–Crippen MR) is 84.5 cm³/mol. The number of para-hydroxylation sites is 1. The number of ether oxygens (including phenoxy) is 1. The molecule has 1 aliphatic heterocycles. The van der Waals surface area contributed by atoms with Crippen molar-refractivity contribution in [1.82, 2.24) is 14.7 Å². The molecule has 0 spiro atoms. The summed E-state index contributed by atoms with van der Waals surface area (Å²) in [6.07, 6.45) is -1.51. The Bertz CT molecular complexity index is 699. The first-order chi connectivity index (χ1) is 11.6. The van der Waals surface area contributed by atoms with E-state index in [-0.39, 0.29) is 17.5 Å². The van der Waals surface area contributed by atoms with Crippen molar-refractivity contribution in [3.05, 3.63) is 42.2 Å². The lowest BCUT2D eigenvalue weighted by Crippen LogP contribution is -2.56. The first-order valence-electron chi connectivity index (χ1n) is 7.69. The van der Waals surface area contributed by atoms with E-state index in [1.54, 1.807) is 30.3 Å². The van der Waals surface area contributed by atoms with Crippen molar-refractivity contribution < 1.29 is 18.3 Å². The Morgan fingerprint density at radius 2 is 2.08 bits per heavy atom. The molecule has 2 heterocycles. The Kier molecular flexibility index (Phi) is 4.75. The highest BCUT2D eigenvalue weighted by Crippen LogP contribution is 2.29. The number of carbonyl (C=O) groups excluding carboxylic acids is 1. The summed E-state index contributed by atoms with van der Waals surface area (Å²) in [5, 5.41) is 6.50. The van der Waals surface area contributed by atoms with Gasteiger partial charge in [0, 0.05) is 6.61 Å². The number of halogens is 2. The van der Waals surface area contributed by atoms with Gasteiger partial charge in [0.05, 0.1) is 36.8 Å². The fourth-order valence-corrected chi connectivity index (χ4v) is 2.58. The standard InChI is InChI=1S/C16H18F2N4O2/c1-2-24-12-9-21(10-12)16(23)20-13-8-19-22(14(13)15(17)18)11-6-4-3-5-7-11/h3-8,12,15H,2,9-10H2,1H3,(H,20,23). The van der Waals surface area contributed by atoms with Gasteiger partial charge in [-0.1, -0.05) is 18.2 Å². The van der Waals surface area contributed by atoms with E-state index in [0.29, 0.717) is 25.4 Å². The van der Waals surface area contributed by atoms with Gasteiger partial charge in [-0.05, 0) is 19.1 Å². The summed E-state index contributed by atoms with van der Waals surface area (Å²) < 4.78 is 33.5. The third-order valence-electron chi connectivity index (χ3n) is 3.79. The van der Waals surface area contributed by atoms with Crippen LogP contribution in [-0.4, -0.2) is 46.5 Å². The summed E-state index contributed by atoms with van der Waals surface area (Å²) in [5.74, 6) is 0. The fraction of sp³-hybridized carbons (Fsp3) is 0.375. The normalized spacial score (nSPS) is 14.8. The van der Waals surface area contributed by atoms with Gasteiger partial charge in [0.25, 0.3) is 6.43 Å². The summed E-state index contributed by atoms with van der Waals surface area (Å²) in [5.41, 5.74) is 0.184. The highest BCUT2D eigenvalue weighted by Gasteiger charge is 2.32. The molecule has 0 aliphatic carbocycles. The summed E-state index contributed by atoms with van der Waals surface area (Å²) >= 11 is 0. The van der Waals surface area contributed by atoms with Gasteiger partial charge in [0.15, 0.2) is 0 Å². The molecule has 1 fully saturated rings. The molecule has 0 radical (unpaired) electrons. The molecule has 1 saturated heterocycles. The van der Waals surface area contributed by atoms with E-state index in [1.807, 2.05) is 6.92 Å². The number of urea groups is 1. The molecule has 24 heavy (non-hydrogen) atoms. The van der Waals surface area contributed by atoms with Crippen LogP contribution in [0.5, 0.6) is 0 Å². The van der Waals surface area contributed by atoms with Crippen LogP contribution >= 0.6 is 0 Å². The van der Waals surface area contributed by atoms with E-state index in [2.05, 4.69) is 10.4 Å². The molecule has 1 aromatic heterocycles. The van der Waals surface area contributed by atoms with Crippen LogP contribution < -0.4 is 5.32 Å². The third-order valence-corrected chi connectivity index (χ3v) is 3.79. The maximum atomic E-state index is 13.5. The van der Waals surface area contributed by atoms with E-state index in [0.717, 1.165) is 4.68 Å². The Hall–Kier alpha value is -2.48. The Morgan fingerprint density at radius 3 is 2.71 bits per heavy atom. The average molecular weight is 336 g/mol. The lowest BCUT2D eigenvalue weighted by molar-refractivity contribution is -0.0276. The SMILES string of the molecule is CCOC1CN(C(=O)Nc2cnn(-c3ccccc3)c2C(F)F)C1. The summed E-state index contributed by atoms with van der Waals surface area (Å²) in [4.78, 5) is 13.7. The number of nitrogens with zero attached hydrogens (tertiary/aromatic N) is 3. The van der Waals surface area contributed by atoms with E-state index in [4.69, 9.17) is 4.74 Å². The zero-order valence-corrected chi connectivity index (χ0v) is 13.2. The Labute approximate surface area is 138 Å². The molecule has 2 aromatic rings. The van der Waals surface area contributed by atoms with Gasteiger partial charge < -0.3 is 15.0 Å². The van der Waals surface area contributed by atoms with E-state index in [1.165, 1.54) is 11.1 Å². The number of hydrogen-bond donors (Lipinski definition) is 1. The van der Waals surface area contributed by atoms with Gasteiger partial charge >= 0.3 is 6.03 Å². The van der Waals surface area contributed by atoms with Gasteiger partial charge in [0.2, 0.25) is 0 Å². The van der Waals surface area contributed by atoms with Gasteiger partial charge in [-0.3, -0.25) is 0 Å². The number of benzene rings is 1. The monoisotopic (exact) mass is 336 g/mol. The molecular weight excluding hydrogens is 318 g/mol. The average Bonchev–Trinajstić information content (AvgIpc) is 2.95. The number of hydrogen-bond acceptors (Lipinski definition) is 3. The molecular formula is C16H18F2N4O2. The molecule has 1 aromatic carbocycles. The summed E-state index contributed by atoms with van der Waals surface area (Å²) in [6.45, 7) is 3.38. The highest BCUT2D eigenvalue weighted by atomic mass is 19.3. The zero-order chi connectivity index (χ0) is 17.1. The van der Waals surface area contributed by atoms with Crippen molar-refractivity contribution in [3.8, 4) is 5.69 Å². The maximum absolute atomic E-state index is 13.5. The van der Waals surface area contributed by atoms with Crippen molar-refractivity contribution in [2.75, 3.05) is 25.0 Å². The first kappa shape index (κ1) is 16.4. The fourth-order valence-electron chi connectivity index (χ4n) is 2.58. The molecule has 0 bridgehead atoms. The van der Waals surface area contributed by atoms with Crippen molar-refractivity contribution in [3.63, 3.8) is 0 Å². The van der Waals surface area contributed by atoms with E-state index >= 15 is 0 Å². The second-order valence-electron chi connectivity index (χ2n) is 5.40. The predicted octanol–water partition coefficient (Wildman–Crippen LogP) is 3.06. The van der Waals surface area contributed by atoms with Crippen molar-refractivity contribution in [1.29, 1.82) is 0 Å². The molecule has 0 saturated carbocycles. The molecule has 2 amide bonds. The Balaban J connectivity index is 1.75. The van der Waals surface area contributed by atoms with Crippen LogP contribution in [-0.2, 0) is 4.74 Å². The van der Waals surface area contributed by atoms with Crippen LogP contribution in [0.15, 0.2) is 36.5 Å². The van der Waals surface area contributed by atoms with Crippen molar-refractivity contribution in [2.45, 2.75) is 19.5 Å². The van der Waals surface area contributed by atoms with Gasteiger partial charge in [-0.25, -0.2) is 18.3 Å². The number of alkyl halides is 2. The molecule has 6 nitrogen and oxygen atoms in total. The third kappa shape index (κ3) is 3.23. The number of rotatable bonds is 5. The lowest BCUT2D eigenvalue weighted by Gasteiger charge is -2.38. The molecule has 8 heteroatoms. The first-order valence-corrected chi connectivity index (χ1v) is 7.69. The van der Waals surface area contributed by atoms with Crippen LogP contribution in [0.4, 0.5) is 19.3 Å². The molecule has 128 valence electrons. The largest absolute Gasteiger partial charge is 0.375 e. The molecule has 3 rings (SSSR count). The maximum Gasteiger partial charge on any atom is 0.322 e. The number of aromatic nitrogens is 2. The number of anilines is 1. The van der Waals surface area contributed by atoms with Crippen molar-refractivity contribution >= 4 is 11.7 Å². The van der Waals surface area contributed by atoms with Crippen LogP contribution in [0.3, 0.4) is 0 Å². The zero-order valence-electron chi connectivity index (χ0n) is 13.2. The highest BCUT2D eigenvalue weighted by molar-refractivity contribution is 5.90. The topological polar surface area (TPSA) is 59.4 Å². The summed E-state index contributed by atoms with van der Waals surface area (Å²) in [6, 6.07) is 8.17. The van der Waals surface area contributed by atoms with Gasteiger partial charge in [-0.2, -0.15) is 5.10 Å². The molecule has 0 atom stereocenters. The molecule has 1 N–H and O–H groups in total. The van der Waals surface area contributed by atoms with Crippen molar-refractivity contribution in [2.24, 2.45) is 0 Å². The van der Waals surface area contributed by atoms with Crippen LogP contribution in [0.2, 0.25) is 0 Å². The number of likely N-dealkylation sites (tertiary alicyclic amines) is 1. The minimum absolute atomic E-state index is 0.0127. The van der Waals surface area contributed by atoms with Crippen LogP contribution in [0.25, 0.3) is 5.69 Å². The van der Waals surface area contributed by atoms with Crippen LogP contribution in [0.1, 0.15) is 19.0 Å².